The number of hydrogen-bond acceptors (Lipinski definition) is 4. The molecule has 0 radical (unpaired) electrons. The van der Waals surface area contributed by atoms with Crippen LogP contribution in [-0.4, -0.2) is 24.1 Å². The highest BCUT2D eigenvalue weighted by Gasteiger charge is 2.15. The third-order valence-corrected chi connectivity index (χ3v) is 3.41. The van der Waals surface area contributed by atoms with Crippen molar-refractivity contribution in [1.29, 1.82) is 0 Å². The van der Waals surface area contributed by atoms with Crippen LogP contribution in [0, 0.1) is 11.6 Å². The summed E-state index contributed by atoms with van der Waals surface area (Å²) in [6, 6.07) is 9.53. The van der Waals surface area contributed by atoms with Gasteiger partial charge in [0.25, 0.3) is 11.8 Å². The zero-order chi connectivity index (χ0) is 19.1. The average Bonchev–Trinajstić information content (AvgIpc) is 2.60. The molecule has 0 aliphatic heterocycles. The third kappa shape index (κ3) is 5.52. The van der Waals surface area contributed by atoms with Crippen molar-refractivity contribution in [2.75, 3.05) is 10.6 Å². The summed E-state index contributed by atoms with van der Waals surface area (Å²) in [4.78, 5) is 28.4. The first-order valence-corrected chi connectivity index (χ1v) is 7.75. The zero-order valence-electron chi connectivity index (χ0n) is 13.5. The number of carbonyl (C=O) groups excluding carboxylic acids is 2. The van der Waals surface area contributed by atoms with Gasteiger partial charge in [-0.15, -0.1) is 0 Å². The number of nitrogens with one attached hydrogen (secondary N) is 2. The maximum Gasteiger partial charge on any atom is 0.270 e. The number of para-hydroxylation sites is 1. The average molecular weight is 382 g/mol. The van der Waals surface area contributed by atoms with Gasteiger partial charge in [0.15, 0.2) is 11.6 Å². The highest BCUT2D eigenvalue weighted by molar-refractivity contribution is 6.36. The molecule has 0 spiro atoms. The fourth-order valence-corrected chi connectivity index (χ4v) is 1.95. The molecule has 2 rings (SSSR count). The van der Waals surface area contributed by atoms with Crippen LogP contribution in [-0.2, 0) is 14.4 Å². The minimum Gasteiger partial charge on any atom is -0.383 e. The van der Waals surface area contributed by atoms with E-state index in [1.165, 1.54) is 13.0 Å². The van der Waals surface area contributed by atoms with Gasteiger partial charge in [0, 0.05) is 11.8 Å². The molecular formula is C17H14ClF2N3O3. The van der Waals surface area contributed by atoms with Crippen LogP contribution in [0.4, 0.5) is 20.2 Å². The van der Waals surface area contributed by atoms with Crippen LogP contribution in [0.1, 0.15) is 6.92 Å². The van der Waals surface area contributed by atoms with Crippen molar-refractivity contribution in [3.05, 3.63) is 59.1 Å². The first-order valence-electron chi connectivity index (χ1n) is 7.37. The first kappa shape index (κ1) is 19.3. The molecule has 136 valence electrons. The first-order chi connectivity index (χ1) is 12.4. The summed E-state index contributed by atoms with van der Waals surface area (Å²) in [6.07, 6.45) is -0.238. The second-order valence-electron chi connectivity index (χ2n) is 5.07. The van der Waals surface area contributed by atoms with E-state index in [0.717, 1.165) is 18.3 Å². The number of halogens is 3. The summed E-state index contributed by atoms with van der Waals surface area (Å²) >= 11 is 5.90. The Morgan fingerprint density at radius 2 is 1.88 bits per heavy atom. The Balaban J connectivity index is 1.84. The van der Waals surface area contributed by atoms with E-state index < -0.39 is 29.6 Å². The highest BCUT2D eigenvalue weighted by Crippen LogP contribution is 2.20. The van der Waals surface area contributed by atoms with Gasteiger partial charge in [-0.05, 0) is 31.2 Å². The van der Waals surface area contributed by atoms with Crippen LogP contribution in [0.2, 0.25) is 5.02 Å². The van der Waals surface area contributed by atoms with Gasteiger partial charge in [-0.1, -0.05) is 28.9 Å². The fraction of sp³-hybridized carbons (Fsp3) is 0.118. The minimum atomic E-state index is -1.09. The van der Waals surface area contributed by atoms with E-state index in [1.54, 1.807) is 24.3 Å². The summed E-state index contributed by atoms with van der Waals surface area (Å²) in [5.41, 5.74) is 0.458. The van der Waals surface area contributed by atoms with E-state index in [0.29, 0.717) is 10.7 Å². The largest absolute Gasteiger partial charge is 0.383 e. The number of nitrogens with zero attached hydrogens (tertiary/aromatic N) is 1. The molecule has 0 saturated carbocycles. The molecule has 6 nitrogen and oxygen atoms in total. The summed E-state index contributed by atoms with van der Waals surface area (Å²) in [5, 5.41) is 8.59. The van der Waals surface area contributed by atoms with Crippen molar-refractivity contribution < 1.29 is 23.2 Å². The third-order valence-electron chi connectivity index (χ3n) is 3.08. The molecule has 2 aromatic rings. The molecule has 1 atom stereocenters. The molecule has 2 N–H and O–H groups in total. The van der Waals surface area contributed by atoms with E-state index >= 15 is 0 Å². The van der Waals surface area contributed by atoms with Gasteiger partial charge < -0.3 is 15.5 Å². The second-order valence-corrected chi connectivity index (χ2v) is 5.48. The Labute approximate surface area is 152 Å². The van der Waals surface area contributed by atoms with Crippen molar-refractivity contribution >= 4 is 41.0 Å². The lowest BCUT2D eigenvalue weighted by Crippen LogP contribution is -2.26. The standard InChI is InChI=1S/C17H14ClF2N3O3/c1-10(17(25)22-11-6-7-13(19)14(20)8-11)26-21-9-16(24)23-15-5-3-2-4-12(15)18/h2-10H,1H3,(H,22,25)(H,23,24). The molecule has 9 heteroatoms. The lowest BCUT2D eigenvalue weighted by molar-refractivity contribution is -0.126. The summed E-state index contributed by atoms with van der Waals surface area (Å²) < 4.78 is 25.9. The molecule has 0 saturated heterocycles. The van der Waals surface area contributed by atoms with E-state index in [1.807, 2.05) is 0 Å². The maximum absolute atomic E-state index is 13.1. The van der Waals surface area contributed by atoms with Crippen molar-refractivity contribution in [3.63, 3.8) is 0 Å². The van der Waals surface area contributed by atoms with Crippen LogP contribution < -0.4 is 10.6 Å². The second kappa shape index (κ2) is 8.91. The van der Waals surface area contributed by atoms with Gasteiger partial charge in [-0.25, -0.2) is 8.78 Å². The van der Waals surface area contributed by atoms with Gasteiger partial charge in [-0.3, -0.25) is 9.59 Å². The number of carbonyl (C=O) groups is 2. The van der Waals surface area contributed by atoms with Crippen LogP contribution >= 0.6 is 11.6 Å². The van der Waals surface area contributed by atoms with Crippen molar-refractivity contribution in [3.8, 4) is 0 Å². The predicted octanol–water partition coefficient (Wildman–Crippen LogP) is 3.59. The smallest absolute Gasteiger partial charge is 0.270 e. The monoisotopic (exact) mass is 381 g/mol. The predicted molar refractivity (Wildman–Crippen MR) is 94.1 cm³/mol. The van der Waals surface area contributed by atoms with E-state index in [2.05, 4.69) is 15.8 Å². The van der Waals surface area contributed by atoms with Gasteiger partial charge in [-0.2, -0.15) is 0 Å². The Kier molecular flexibility index (Phi) is 6.62. The lowest BCUT2D eigenvalue weighted by atomic mass is 10.3. The Hall–Kier alpha value is -3.00. The summed E-state index contributed by atoms with van der Waals surface area (Å²) in [7, 11) is 0. The van der Waals surface area contributed by atoms with Gasteiger partial charge in [0.05, 0.1) is 10.7 Å². The summed E-state index contributed by atoms with van der Waals surface area (Å²) in [6.45, 7) is 1.37. The van der Waals surface area contributed by atoms with Gasteiger partial charge in [0.1, 0.15) is 6.21 Å². The lowest BCUT2D eigenvalue weighted by Gasteiger charge is -2.10. The van der Waals surface area contributed by atoms with Crippen LogP contribution in [0.3, 0.4) is 0 Å². The molecule has 0 bridgehead atoms. The quantitative estimate of drug-likeness (QED) is 0.593. The summed E-state index contributed by atoms with van der Waals surface area (Å²) in [5.74, 6) is -3.38. The number of oxime groups is 1. The molecule has 1 unspecified atom stereocenters. The molecule has 26 heavy (non-hydrogen) atoms. The van der Waals surface area contributed by atoms with Crippen LogP contribution in [0.25, 0.3) is 0 Å². The Morgan fingerprint density at radius 3 is 2.58 bits per heavy atom. The number of anilines is 2. The highest BCUT2D eigenvalue weighted by atomic mass is 35.5. The molecule has 2 amide bonds. The number of rotatable bonds is 6. The maximum atomic E-state index is 13.1. The molecule has 0 fully saturated rings. The van der Waals surface area contributed by atoms with Crippen LogP contribution in [0.5, 0.6) is 0 Å². The van der Waals surface area contributed by atoms with Gasteiger partial charge in [0.2, 0.25) is 6.10 Å². The molecule has 2 aromatic carbocycles. The number of hydrogen-bond donors (Lipinski definition) is 2. The van der Waals surface area contributed by atoms with E-state index in [4.69, 9.17) is 16.4 Å². The fourth-order valence-electron chi connectivity index (χ4n) is 1.76. The van der Waals surface area contributed by atoms with Crippen molar-refractivity contribution in [1.82, 2.24) is 0 Å². The van der Waals surface area contributed by atoms with Crippen LogP contribution in [0.15, 0.2) is 47.6 Å². The minimum absolute atomic E-state index is 0.0600. The van der Waals surface area contributed by atoms with E-state index in [-0.39, 0.29) is 5.69 Å². The molecule has 0 aliphatic carbocycles. The zero-order valence-corrected chi connectivity index (χ0v) is 14.3. The normalized spacial score (nSPS) is 11.8. The molecule has 0 aliphatic rings. The molecule has 0 aromatic heterocycles. The number of benzene rings is 2. The Morgan fingerprint density at radius 1 is 1.15 bits per heavy atom. The topological polar surface area (TPSA) is 79.8 Å². The SMILES string of the molecule is CC(ON=CC(=O)Nc1ccccc1Cl)C(=O)Nc1ccc(F)c(F)c1. The van der Waals surface area contributed by atoms with E-state index in [9.17, 15) is 18.4 Å². The molecular weight excluding hydrogens is 368 g/mol. The van der Waals surface area contributed by atoms with Crippen molar-refractivity contribution in [2.45, 2.75) is 13.0 Å². The Bertz CT molecular complexity index is 846. The van der Waals surface area contributed by atoms with Crippen molar-refractivity contribution in [2.24, 2.45) is 5.16 Å². The molecule has 0 heterocycles. The van der Waals surface area contributed by atoms with Gasteiger partial charge >= 0.3 is 0 Å². The number of amides is 2.